The summed E-state index contributed by atoms with van der Waals surface area (Å²) in [6.07, 6.45) is 1.29. The van der Waals surface area contributed by atoms with Gasteiger partial charge in [0.05, 0.1) is 12.1 Å². The van der Waals surface area contributed by atoms with Gasteiger partial charge in [-0.25, -0.2) is 0 Å². The largest absolute Gasteiger partial charge is 0.504 e. The Labute approximate surface area is 137 Å². The van der Waals surface area contributed by atoms with E-state index in [4.69, 9.17) is 16.3 Å². The molecule has 0 atom stereocenters. The van der Waals surface area contributed by atoms with Gasteiger partial charge in [-0.05, 0) is 48.0 Å². The van der Waals surface area contributed by atoms with Crippen LogP contribution in [0.3, 0.4) is 0 Å². The smallest absolute Gasteiger partial charge is 0.203 e. The number of hydrogen-bond donors (Lipinski definition) is 2. The zero-order chi connectivity index (χ0) is 17.0. The minimum absolute atomic E-state index is 0.0783. The van der Waals surface area contributed by atoms with Gasteiger partial charge in [-0.2, -0.15) is 5.26 Å². The molecular formula is C17H12ClNO4. The van der Waals surface area contributed by atoms with Gasteiger partial charge in [0.1, 0.15) is 17.4 Å². The second kappa shape index (κ2) is 6.86. The second-order valence-corrected chi connectivity index (χ2v) is 5.01. The molecule has 23 heavy (non-hydrogen) atoms. The summed E-state index contributed by atoms with van der Waals surface area (Å²) in [6.45, 7) is 0. The van der Waals surface area contributed by atoms with Crippen LogP contribution in [0.2, 0.25) is 5.02 Å². The summed E-state index contributed by atoms with van der Waals surface area (Å²) in [4.78, 5) is 12.3. The summed E-state index contributed by atoms with van der Waals surface area (Å²) in [7, 11) is 1.51. The van der Waals surface area contributed by atoms with Crippen molar-refractivity contribution < 1.29 is 19.7 Å². The van der Waals surface area contributed by atoms with E-state index in [0.717, 1.165) is 0 Å². The van der Waals surface area contributed by atoms with Crippen molar-refractivity contribution in [2.75, 3.05) is 7.11 Å². The van der Waals surface area contributed by atoms with Gasteiger partial charge in [0.15, 0.2) is 11.5 Å². The van der Waals surface area contributed by atoms with Crippen LogP contribution >= 0.6 is 11.6 Å². The number of methoxy groups -OCH3 is 1. The molecule has 0 unspecified atom stereocenters. The van der Waals surface area contributed by atoms with Crippen LogP contribution in [0, 0.1) is 11.3 Å². The quantitative estimate of drug-likeness (QED) is 0.387. The predicted octanol–water partition coefficient (Wildman–Crippen LogP) is 3.55. The summed E-state index contributed by atoms with van der Waals surface area (Å²) in [6, 6.07) is 10.7. The van der Waals surface area contributed by atoms with Gasteiger partial charge < -0.3 is 14.9 Å². The van der Waals surface area contributed by atoms with Gasteiger partial charge in [0.25, 0.3) is 0 Å². The zero-order valence-electron chi connectivity index (χ0n) is 12.1. The first-order valence-electron chi connectivity index (χ1n) is 6.48. The summed E-state index contributed by atoms with van der Waals surface area (Å²) >= 11 is 5.75. The molecule has 2 aromatic rings. The first kappa shape index (κ1) is 16.4. The third kappa shape index (κ3) is 3.62. The molecule has 2 rings (SSSR count). The topological polar surface area (TPSA) is 90.6 Å². The second-order valence-electron chi connectivity index (χ2n) is 4.60. The van der Waals surface area contributed by atoms with Crippen LogP contribution in [0.4, 0.5) is 0 Å². The molecular weight excluding hydrogens is 318 g/mol. The Hall–Kier alpha value is -2.97. The highest BCUT2D eigenvalue weighted by Gasteiger charge is 2.13. The number of ketones is 1. The van der Waals surface area contributed by atoms with Crippen molar-refractivity contribution in [3.05, 3.63) is 58.1 Å². The van der Waals surface area contributed by atoms with E-state index in [-0.39, 0.29) is 10.6 Å². The first-order valence-corrected chi connectivity index (χ1v) is 6.86. The van der Waals surface area contributed by atoms with Crippen molar-refractivity contribution in [1.82, 2.24) is 0 Å². The maximum Gasteiger partial charge on any atom is 0.203 e. The fraction of sp³-hybridized carbons (Fsp3) is 0.0588. The molecule has 116 valence electrons. The normalized spacial score (nSPS) is 10.9. The number of nitrogens with zero attached hydrogens (tertiary/aromatic N) is 1. The molecule has 5 nitrogen and oxygen atoms in total. The number of rotatable bonds is 4. The SMILES string of the molecule is COc1ccc(C(=O)/C(C#N)=C/c2cc(O)c(O)c(Cl)c2)cc1. The third-order valence-corrected chi connectivity index (χ3v) is 3.38. The molecule has 6 heteroatoms. The van der Waals surface area contributed by atoms with E-state index in [2.05, 4.69) is 0 Å². The van der Waals surface area contributed by atoms with Gasteiger partial charge in [-0.3, -0.25) is 4.79 Å². The summed E-state index contributed by atoms with van der Waals surface area (Å²) in [5, 5.41) is 28.1. The molecule has 0 radical (unpaired) electrons. The third-order valence-electron chi connectivity index (χ3n) is 3.09. The summed E-state index contributed by atoms with van der Waals surface area (Å²) < 4.78 is 5.01. The van der Waals surface area contributed by atoms with Gasteiger partial charge in [-0.15, -0.1) is 0 Å². The minimum atomic E-state index is -0.473. The molecule has 0 spiro atoms. The molecule has 0 heterocycles. The van der Waals surface area contributed by atoms with Crippen LogP contribution in [0.15, 0.2) is 42.0 Å². The minimum Gasteiger partial charge on any atom is -0.504 e. The molecule has 0 amide bonds. The average molecular weight is 330 g/mol. The Kier molecular flexibility index (Phi) is 4.89. The summed E-state index contributed by atoms with van der Waals surface area (Å²) in [5.74, 6) is -0.764. The van der Waals surface area contributed by atoms with Crippen molar-refractivity contribution in [2.24, 2.45) is 0 Å². The van der Waals surface area contributed by atoms with Crippen LogP contribution in [0.25, 0.3) is 6.08 Å². The number of allylic oxidation sites excluding steroid dienone is 1. The molecule has 0 aliphatic rings. The van der Waals surface area contributed by atoms with Crippen LogP contribution in [-0.2, 0) is 0 Å². The maximum absolute atomic E-state index is 12.3. The zero-order valence-corrected chi connectivity index (χ0v) is 12.8. The number of phenolic OH excluding ortho intramolecular Hbond substituents is 2. The van der Waals surface area contributed by atoms with Crippen molar-refractivity contribution in [2.45, 2.75) is 0 Å². The van der Waals surface area contributed by atoms with Gasteiger partial charge >= 0.3 is 0 Å². The highest BCUT2D eigenvalue weighted by molar-refractivity contribution is 6.32. The van der Waals surface area contributed by atoms with E-state index in [0.29, 0.717) is 16.9 Å². The lowest BCUT2D eigenvalue weighted by atomic mass is 10.0. The fourth-order valence-electron chi connectivity index (χ4n) is 1.90. The molecule has 0 saturated heterocycles. The van der Waals surface area contributed by atoms with Crippen LogP contribution in [0.1, 0.15) is 15.9 Å². The Bertz CT molecular complexity index is 796. The molecule has 0 saturated carbocycles. The summed E-state index contributed by atoms with van der Waals surface area (Å²) in [5.41, 5.74) is 0.521. The number of Topliss-reactive ketones (excluding diaryl/α,β-unsaturated/α-hetero) is 1. The van der Waals surface area contributed by atoms with Crippen LogP contribution < -0.4 is 4.74 Å². The lowest BCUT2D eigenvalue weighted by molar-refractivity contribution is 0.104. The fourth-order valence-corrected chi connectivity index (χ4v) is 2.12. The molecule has 0 aliphatic carbocycles. The van der Waals surface area contributed by atoms with E-state index in [1.807, 2.05) is 6.07 Å². The van der Waals surface area contributed by atoms with E-state index in [9.17, 15) is 20.3 Å². The molecule has 2 N–H and O–H groups in total. The Balaban J connectivity index is 2.38. The number of ether oxygens (including phenoxy) is 1. The molecule has 0 aliphatic heterocycles. The van der Waals surface area contributed by atoms with Crippen LogP contribution in [-0.4, -0.2) is 23.1 Å². The molecule has 0 fully saturated rings. The number of halogens is 1. The molecule has 0 bridgehead atoms. The van der Waals surface area contributed by atoms with Crippen molar-refractivity contribution in [3.63, 3.8) is 0 Å². The van der Waals surface area contributed by atoms with Gasteiger partial charge in [-0.1, -0.05) is 11.6 Å². The average Bonchev–Trinajstić information content (AvgIpc) is 2.57. The maximum atomic E-state index is 12.3. The number of benzene rings is 2. The van der Waals surface area contributed by atoms with Gasteiger partial charge in [0.2, 0.25) is 5.78 Å². The number of carbonyl (C=O) groups excluding carboxylic acids is 1. The lowest BCUT2D eigenvalue weighted by Gasteiger charge is -2.04. The van der Waals surface area contributed by atoms with E-state index < -0.39 is 17.3 Å². The van der Waals surface area contributed by atoms with Gasteiger partial charge in [0, 0.05) is 5.56 Å². The molecule has 0 aromatic heterocycles. The number of aromatic hydroxyl groups is 2. The number of nitriles is 1. The van der Waals surface area contributed by atoms with E-state index in [1.165, 1.54) is 25.3 Å². The number of carbonyl (C=O) groups is 1. The predicted molar refractivity (Wildman–Crippen MR) is 85.7 cm³/mol. The Morgan fingerprint density at radius 2 is 1.91 bits per heavy atom. The standard InChI is InChI=1S/C17H12ClNO4/c1-23-13-4-2-11(3-5-13)16(21)12(9-19)6-10-7-14(18)17(22)15(20)8-10/h2-8,20,22H,1H3/b12-6+. The Morgan fingerprint density at radius 3 is 2.43 bits per heavy atom. The van der Waals surface area contributed by atoms with Crippen molar-refractivity contribution >= 4 is 23.5 Å². The van der Waals surface area contributed by atoms with E-state index in [1.54, 1.807) is 24.3 Å². The number of hydrogen-bond acceptors (Lipinski definition) is 5. The highest BCUT2D eigenvalue weighted by atomic mass is 35.5. The van der Waals surface area contributed by atoms with E-state index >= 15 is 0 Å². The van der Waals surface area contributed by atoms with Crippen molar-refractivity contribution in [1.29, 1.82) is 5.26 Å². The number of phenols is 2. The lowest BCUT2D eigenvalue weighted by Crippen LogP contribution is -2.01. The Morgan fingerprint density at radius 1 is 1.26 bits per heavy atom. The van der Waals surface area contributed by atoms with Crippen molar-refractivity contribution in [3.8, 4) is 23.3 Å². The highest BCUT2D eigenvalue weighted by Crippen LogP contribution is 2.34. The monoisotopic (exact) mass is 329 g/mol. The molecule has 2 aromatic carbocycles. The van der Waals surface area contributed by atoms with Crippen LogP contribution in [0.5, 0.6) is 17.2 Å². The first-order chi connectivity index (χ1) is 11.0.